The highest BCUT2D eigenvalue weighted by molar-refractivity contribution is 5.67. The van der Waals surface area contributed by atoms with E-state index in [4.69, 9.17) is 5.11 Å². The second-order valence-corrected chi connectivity index (χ2v) is 3.66. The largest absolute Gasteiger partial charge is 0.481 e. The van der Waals surface area contributed by atoms with Gasteiger partial charge in [-0.25, -0.2) is 0 Å². The van der Waals surface area contributed by atoms with Crippen LogP contribution in [0.2, 0.25) is 0 Å². The van der Waals surface area contributed by atoms with Crippen molar-refractivity contribution in [3.05, 3.63) is 0 Å². The quantitative estimate of drug-likeness (QED) is 0.654. The van der Waals surface area contributed by atoms with E-state index in [1.54, 1.807) is 0 Å². The maximum absolute atomic E-state index is 10.5. The fourth-order valence-electron chi connectivity index (χ4n) is 1.79. The van der Waals surface area contributed by atoms with E-state index in [2.05, 4.69) is 12.2 Å². The molecular formula is C9H17NO2. The average molecular weight is 171 g/mol. The van der Waals surface area contributed by atoms with Crippen LogP contribution in [0, 0.1) is 11.8 Å². The van der Waals surface area contributed by atoms with Crippen LogP contribution in [0.4, 0.5) is 0 Å². The maximum Gasteiger partial charge on any atom is 0.303 e. The van der Waals surface area contributed by atoms with Crippen molar-refractivity contribution in [1.82, 2.24) is 5.32 Å². The van der Waals surface area contributed by atoms with Crippen LogP contribution < -0.4 is 5.32 Å². The summed E-state index contributed by atoms with van der Waals surface area (Å²) in [6.07, 6.45) is 2.45. The molecule has 1 saturated heterocycles. The molecule has 2 N–H and O–H groups in total. The van der Waals surface area contributed by atoms with E-state index < -0.39 is 5.97 Å². The summed E-state index contributed by atoms with van der Waals surface area (Å²) in [5.41, 5.74) is 0. The van der Waals surface area contributed by atoms with E-state index in [0.717, 1.165) is 25.9 Å². The van der Waals surface area contributed by atoms with Gasteiger partial charge in [-0.05, 0) is 37.8 Å². The summed E-state index contributed by atoms with van der Waals surface area (Å²) in [7, 11) is 0. The van der Waals surface area contributed by atoms with Gasteiger partial charge in [-0.1, -0.05) is 6.92 Å². The monoisotopic (exact) mass is 171 g/mol. The smallest absolute Gasteiger partial charge is 0.303 e. The second kappa shape index (κ2) is 4.45. The third-order valence-electron chi connectivity index (χ3n) is 2.71. The molecule has 1 aliphatic rings. The zero-order valence-electron chi connectivity index (χ0n) is 7.55. The van der Waals surface area contributed by atoms with E-state index in [1.165, 1.54) is 0 Å². The Bertz CT molecular complexity index is 159. The Morgan fingerprint density at radius 1 is 1.50 bits per heavy atom. The first kappa shape index (κ1) is 9.52. The van der Waals surface area contributed by atoms with Crippen molar-refractivity contribution < 1.29 is 9.90 Å². The number of aliphatic carboxylic acids is 1. The molecule has 1 heterocycles. The van der Waals surface area contributed by atoms with Crippen molar-refractivity contribution >= 4 is 5.97 Å². The summed E-state index contributed by atoms with van der Waals surface area (Å²) < 4.78 is 0. The summed E-state index contributed by atoms with van der Waals surface area (Å²) in [4.78, 5) is 10.5. The first-order chi connectivity index (χ1) is 5.70. The third-order valence-corrected chi connectivity index (χ3v) is 2.71. The molecule has 2 atom stereocenters. The molecular weight excluding hydrogens is 154 g/mol. The molecule has 0 radical (unpaired) electrons. The number of hydrogen-bond acceptors (Lipinski definition) is 2. The normalized spacial score (nSPS) is 31.1. The van der Waals surface area contributed by atoms with E-state index >= 15 is 0 Å². The van der Waals surface area contributed by atoms with Crippen LogP contribution in [0.3, 0.4) is 0 Å². The fraction of sp³-hybridized carbons (Fsp3) is 0.889. The Morgan fingerprint density at radius 3 is 2.83 bits per heavy atom. The SMILES string of the molecule is CC1CCNCCC1CC(=O)O. The summed E-state index contributed by atoms with van der Waals surface area (Å²) in [5.74, 6) is 0.266. The van der Waals surface area contributed by atoms with E-state index in [9.17, 15) is 4.79 Å². The lowest BCUT2D eigenvalue weighted by molar-refractivity contribution is -0.138. The number of nitrogens with one attached hydrogen (secondary N) is 1. The minimum absolute atomic E-state index is 0.336. The zero-order chi connectivity index (χ0) is 8.97. The molecule has 1 rings (SSSR count). The van der Waals surface area contributed by atoms with Crippen LogP contribution >= 0.6 is 0 Å². The van der Waals surface area contributed by atoms with Crippen molar-refractivity contribution in [3.63, 3.8) is 0 Å². The zero-order valence-corrected chi connectivity index (χ0v) is 7.55. The molecule has 0 aromatic carbocycles. The minimum atomic E-state index is -0.659. The highest BCUT2D eigenvalue weighted by atomic mass is 16.4. The summed E-state index contributed by atoms with van der Waals surface area (Å²) in [6, 6.07) is 0. The topological polar surface area (TPSA) is 49.3 Å². The summed E-state index contributed by atoms with van der Waals surface area (Å²) in [6.45, 7) is 4.17. The van der Waals surface area contributed by atoms with Gasteiger partial charge in [0.15, 0.2) is 0 Å². The predicted octanol–water partition coefficient (Wildman–Crippen LogP) is 1.10. The van der Waals surface area contributed by atoms with Gasteiger partial charge < -0.3 is 10.4 Å². The molecule has 0 aliphatic carbocycles. The van der Waals surface area contributed by atoms with Crippen LogP contribution in [0.5, 0.6) is 0 Å². The molecule has 0 aromatic heterocycles. The van der Waals surface area contributed by atoms with Crippen LogP contribution in [-0.2, 0) is 4.79 Å². The number of carboxylic acid groups (broad SMARTS) is 1. The molecule has 0 amide bonds. The molecule has 1 fully saturated rings. The lowest BCUT2D eigenvalue weighted by atomic mass is 9.87. The van der Waals surface area contributed by atoms with Gasteiger partial charge >= 0.3 is 5.97 Å². The van der Waals surface area contributed by atoms with E-state index in [-0.39, 0.29) is 0 Å². The molecule has 1 aliphatic heterocycles. The van der Waals surface area contributed by atoms with Crippen LogP contribution in [-0.4, -0.2) is 24.2 Å². The maximum atomic E-state index is 10.5. The van der Waals surface area contributed by atoms with Crippen molar-refractivity contribution in [2.24, 2.45) is 11.8 Å². The van der Waals surface area contributed by atoms with Crippen molar-refractivity contribution in [1.29, 1.82) is 0 Å². The number of rotatable bonds is 2. The lowest BCUT2D eigenvalue weighted by Gasteiger charge is -2.18. The van der Waals surface area contributed by atoms with Crippen molar-refractivity contribution in [3.8, 4) is 0 Å². The fourth-order valence-corrected chi connectivity index (χ4v) is 1.79. The Hall–Kier alpha value is -0.570. The first-order valence-electron chi connectivity index (χ1n) is 4.62. The van der Waals surface area contributed by atoms with Gasteiger partial charge in [-0.15, -0.1) is 0 Å². The highest BCUT2D eigenvalue weighted by Gasteiger charge is 2.21. The Balaban J connectivity index is 2.41. The van der Waals surface area contributed by atoms with Gasteiger partial charge in [-0.3, -0.25) is 4.79 Å². The predicted molar refractivity (Wildman–Crippen MR) is 47.0 cm³/mol. The Labute approximate surface area is 73.2 Å². The molecule has 3 nitrogen and oxygen atoms in total. The molecule has 70 valence electrons. The first-order valence-corrected chi connectivity index (χ1v) is 4.62. The van der Waals surface area contributed by atoms with Gasteiger partial charge in [0, 0.05) is 6.42 Å². The van der Waals surface area contributed by atoms with Crippen LogP contribution in [0.15, 0.2) is 0 Å². The van der Waals surface area contributed by atoms with Gasteiger partial charge in [0.1, 0.15) is 0 Å². The number of hydrogen-bond donors (Lipinski definition) is 2. The summed E-state index contributed by atoms with van der Waals surface area (Å²) in [5, 5.41) is 11.9. The van der Waals surface area contributed by atoms with E-state index in [1.807, 2.05) is 0 Å². The Morgan fingerprint density at radius 2 is 2.17 bits per heavy atom. The van der Waals surface area contributed by atoms with Crippen molar-refractivity contribution in [2.75, 3.05) is 13.1 Å². The van der Waals surface area contributed by atoms with Gasteiger partial charge in [-0.2, -0.15) is 0 Å². The van der Waals surface area contributed by atoms with Crippen LogP contribution in [0.1, 0.15) is 26.2 Å². The molecule has 0 saturated carbocycles. The second-order valence-electron chi connectivity index (χ2n) is 3.66. The molecule has 12 heavy (non-hydrogen) atoms. The van der Waals surface area contributed by atoms with Gasteiger partial charge in [0.05, 0.1) is 0 Å². The Kier molecular flexibility index (Phi) is 3.53. The number of carbonyl (C=O) groups is 1. The van der Waals surface area contributed by atoms with E-state index in [0.29, 0.717) is 18.3 Å². The lowest BCUT2D eigenvalue weighted by Crippen LogP contribution is -2.16. The third kappa shape index (κ3) is 2.81. The highest BCUT2D eigenvalue weighted by Crippen LogP contribution is 2.23. The van der Waals surface area contributed by atoms with Gasteiger partial charge in [0.25, 0.3) is 0 Å². The minimum Gasteiger partial charge on any atom is -0.481 e. The molecule has 0 bridgehead atoms. The number of carboxylic acids is 1. The molecule has 2 unspecified atom stereocenters. The molecule has 3 heteroatoms. The van der Waals surface area contributed by atoms with Crippen molar-refractivity contribution in [2.45, 2.75) is 26.2 Å². The summed E-state index contributed by atoms with van der Waals surface area (Å²) >= 11 is 0. The molecule has 0 aromatic rings. The van der Waals surface area contributed by atoms with Gasteiger partial charge in [0.2, 0.25) is 0 Å². The standard InChI is InChI=1S/C9H17NO2/c1-7-2-4-10-5-3-8(7)6-9(11)12/h7-8,10H,2-6H2,1H3,(H,11,12). The van der Waals surface area contributed by atoms with Crippen LogP contribution in [0.25, 0.3) is 0 Å². The molecule has 0 spiro atoms. The average Bonchev–Trinajstić information content (AvgIpc) is 2.16.